The lowest BCUT2D eigenvalue weighted by Gasteiger charge is -2.09. The fraction of sp³-hybridized carbons (Fsp3) is 0.357. The summed E-state index contributed by atoms with van der Waals surface area (Å²) >= 11 is 13.8. The molecule has 108 valence electrons. The van der Waals surface area contributed by atoms with E-state index in [2.05, 4.69) is 10.2 Å². The Hall–Kier alpha value is -0.810. The highest BCUT2D eigenvalue weighted by Crippen LogP contribution is 2.39. The lowest BCUT2D eigenvalue weighted by Crippen LogP contribution is -2.26. The van der Waals surface area contributed by atoms with Crippen LogP contribution in [0.3, 0.4) is 0 Å². The summed E-state index contributed by atoms with van der Waals surface area (Å²) in [4.78, 5) is 14.8. The van der Waals surface area contributed by atoms with Crippen LogP contribution in [-0.4, -0.2) is 38.0 Å². The number of hydrogen-bond acceptors (Lipinski definition) is 3. The minimum atomic E-state index is -0.133. The molecule has 1 aromatic carbocycles. The summed E-state index contributed by atoms with van der Waals surface area (Å²) in [5, 5.41) is 4.68. The van der Waals surface area contributed by atoms with E-state index >= 15 is 0 Å². The molecule has 0 radical (unpaired) electrons. The number of benzene rings is 1. The average molecular weight is 331 g/mol. The van der Waals surface area contributed by atoms with Crippen molar-refractivity contribution in [3.8, 4) is 0 Å². The maximum absolute atomic E-state index is 12.1. The first-order valence-electron chi connectivity index (χ1n) is 6.30. The molecule has 0 spiro atoms. The summed E-state index contributed by atoms with van der Waals surface area (Å²) in [7, 11) is 4.01. The van der Waals surface area contributed by atoms with E-state index in [4.69, 9.17) is 23.2 Å². The number of thiophene rings is 1. The van der Waals surface area contributed by atoms with Crippen LogP contribution in [0.4, 0.5) is 0 Å². The molecule has 20 heavy (non-hydrogen) atoms. The van der Waals surface area contributed by atoms with E-state index in [9.17, 15) is 4.79 Å². The van der Waals surface area contributed by atoms with Crippen molar-refractivity contribution in [3.05, 3.63) is 33.1 Å². The Morgan fingerprint density at radius 1 is 1.35 bits per heavy atom. The van der Waals surface area contributed by atoms with Gasteiger partial charge in [0.15, 0.2) is 0 Å². The van der Waals surface area contributed by atoms with Crippen molar-refractivity contribution in [1.82, 2.24) is 10.2 Å². The van der Waals surface area contributed by atoms with Crippen LogP contribution >= 0.6 is 34.5 Å². The third-order valence-electron chi connectivity index (χ3n) is 2.88. The minimum absolute atomic E-state index is 0.133. The third-order valence-corrected chi connectivity index (χ3v) is 4.84. The molecule has 1 heterocycles. The Morgan fingerprint density at radius 2 is 2.10 bits per heavy atom. The number of fused-ring (bicyclic) bond motifs is 1. The van der Waals surface area contributed by atoms with Crippen molar-refractivity contribution >= 4 is 50.5 Å². The monoisotopic (exact) mass is 330 g/mol. The molecule has 1 N–H and O–H groups in total. The fourth-order valence-corrected chi connectivity index (χ4v) is 3.77. The van der Waals surface area contributed by atoms with Crippen molar-refractivity contribution in [2.24, 2.45) is 0 Å². The van der Waals surface area contributed by atoms with Gasteiger partial charge in [-0.3, -0.25) is 4.79 Å². The van der Waals surface area contributed by atoms with Gasteiger partial charge in [-0.2, -0.15) is 0 Å². The van der Waals surface area contributed by atoms with Crippen LogP contribution in [0, 0.1) is 0 Å². The molecule has 6 heteroatoms. The highest BCUT2D eigenvalue weighted by molar-refractivity contribution is 7.21. The molecule has 0 aliphatic carbocycles. The van der Waals surface area contributed by atoms with E-state index < -0.39 is 0 Å². The molecule has 0 atom stereocenters. The molecule has 3 nitrogen and oxygen atoms in total. The predicted molar refractivity (Wildman–Crippen MR) is 87.3 cm³/mol. The SMILES string of the molecule is CN(C)CCCNC(=O)c1sc2cccc(Cl)c2c1Cl. The number of nitrogens with one attached hydrogen (secondary N) is 1. The molecule has 1 amide bonds. The van der Waals surface area contributed by atoms with Gasteiger partial charge in [0.1, 0.15) is 4.88 Å². The van der Waals surface area contributed by atoms with Gasteiger partial charge in [-0.05, 0) is 39.2 Å². The zero-order chi connectivity index (χ0) is 14.7. The number of amides is 1. The van der Waals surface area contributed by atoms with Gasteiger partial charge >= 0.3 is 0 Å². The lowest BCUT2D eigenvalue weighted by atomic mass is 10.2. The van der Waals surface area contributed by atoms with Crippen LogP contribution in [0.5, 0.6) is 0 Å². The van der Waals surface area contributed by atoms with Gasteiger partial charge < -0.3 is 10.2 Å². The lowest BCUT2D eigenvalue weighted by molar-refractivity contribution is 0.0956. The van der Waals surface area contributed by atoms with Crippen LogP contribution in [-0.2, 0) is 0 Å². The molecule has 2 aromatic rings. The highest BCUT2D eigenvalue weighted by atomic mass is 35.5. The minimum Gasteiger partial charge on any atom is -0.351 e. The van der Waals surface area contributed by atoms with Gasteiger partial charge in [-0.25, -0.2) is 0 Å². The van der Waals surface area contributed by atoms with Crippen molar-refractivity contribution < 1.29 is 4.79 Å². The quantitative estimate of drug-likeness (QED) is 0.843. The Kier molecular flexibility index (Phi) is 5.27. The Labute approximate surface area is 132 Å². The summed E-state index contributed by atoms with van der Waals surface area (Å²) in [5.74, 6) is -0.133. The van der Waals surface area contributed by atoms with Crippen LogP contribution < -0.4 is 5.32 Å². The Bertz CT molecular complexity index is 625. The van der Waals surface area contributed by atoms with Gasteiger partial charge in [0.25, 0.3) is 5.91 Å². The third kappa shape index (κ3) is 3.44. The first-order valence-corrected chi connectivity index (χ1v) is 7.87. The van der Waals surface area contributed by atoms with Gasteiger partial charge in [0.05, 0.1) is 10.0 Å². The fourth-order valence-electron chi connectivity index (χ4n) is 1.89. The van der Waals surface area contributed by atoms with E-state index in [0.29, 0.717) is 21.5 Å². The van der Waals surface area contributed by atoms with Crippen molar-refractivity contribution in [2.45, 2.75) is 6.42 Å². The van der Waals surface area contributed by atoms with Gasteiger partial charge in [0.2, 0.25) is 0 Å². The van der Waals surface area contributed by atoms with Gasteiger partial charge in [0, 0.05) is 16.6 Å². The van der Waals surface area contributed by atoms with E-state index in [1.807, 2.05) is 26.2 Å². The second-order valence-electron chi connectivity index (χ2n) is 4.77. The largest absolute Gasteiger partial charge is 0.351 e. The molecule has 0 unspecified atom stereocenters. The number of hydrogen-bond donors (Lipinski definition) is 1. The van der Waals surface area contributed by atoms with Crippen LogP contribution in [0.25, 0.3) is 10.1 Å². The smallest absolute Gasteiger partial charge is 0.262 e. The molecule has 0 aliphatic heterocycles. The maximum atomic E-state index is 12.1. The second-order valence-corrected chi connectivity index (χ2v) is 6.61. The first kappa shape index (κ1) is 15.6. The maximum Gasteiger partial charge on any atom is 0.262 e. The molecule has 2 rings (SSSR count). The number of halogens is 2. The van der Waals surface area contributed by atoms with E-state index in [-0.39, 0.29) is 5.91 Å². The van der Waals surface area contributed by atoms with Crippen molar-refractivity contribution in [2.75, 3.05) is 27.2 Å². The summed E-state index contributed by atoms with van der Waals surface area (Å²) < 4.78 is 0.931. The second kappa shape index (κ2) is 6.76. The number of rotatable bonds is 5. The first-order chi connectivity index (χ1) is 9.50. The predicted octanol–water partition coefficient (Wildman–Crippen LogP) is 3.89. The summed E-state index contributed by atoms with van der Waals surface area (Å²) in [6.45, 7) is 1.57. The molecule has 0 saturated carbocycles. The molecule has 1 aromatic heterocycles. The standard InChI is InChI=1S/C14H16Cl2N2OS/c1-18(2)8-4-7-17-14(19)13-12(16)11-9(15)5-3-6-10(11)20-13/h3,5-6H,4,7-8H2,1-2H3,(H,17,19). The highest BCUT2D eigenvalue weighted by Gasteiger charge is 2.18. The molecular weight excluding hydrogens is 315 g/mol. The molecule has 0 bridgehead atoms. The topological polar surface area (TPSA) is 32.3 Å². The van der Waals surface area contributed by atoms with Crippen molar-refractivity contribution in [3.63, 3.8) is 0 Å². The average Bonchev–Trinajstić information content (AvgIpc) is 2.73. The molecular formula is C14H16Cl2N2OS. The molecule has 0 saturated heterocycles. The Balaban J connectivity index is 2.11. The van der Waals surface area contributed by atoms with Crippen molar-refractivity contribution in [1.29, 1.82) is 0 Å². The zero-order valence-corrected chi connectivity index (χ0v) is 13.7. The zero-order valence-electron chi connectivity index (χ0n) is 11.4. The van der Waals surface area contributed by atoms with Gasteiger partial charge in [-0.1, -0.05) is 29.3 Å². The number of carbonyl (C=O) groups is 1. The molecule has 0 fully saturated rings. The number of carbonyl (C=O) groups excluding carboxylic acids is 1. The Morgan fingerprint density at radius 3 is 2.75 bits per heavy atom. The van der Waals surface area contributed by atoms with Crippen LogP contribution in [0.15, 0.2) is 18.2 Å². The summed E-state index contributed by atoms with van der Waals surface area (Å²) in [6.07, 6.45) is 0.905. The summed E-state index contributed by atoms with van der Waals surface area (Å²) in [5.41, 5.74) is 0. The van der Waals surface area contributed by atoms with Crippen LogP contribution in [0.2, 0.25) is 10.0 Å². The summed E-state index contributed by atoms with van der Waals surface area (Å²) in [6, 6.07) is 5.55. The van der Waals surface area contributed by atoms with E-state index in [0.717, 1.165) is 23.1 Å². The van der Waals surface area contributed by atoms with E-state index in [1.54, 1.807) is 6.07 Å². The normalized spacial score (nSPS) is 11.2. The number of nitrogens with zero attached hydrogens (tertiary/aromatic N) is 1. The van der Waals surface area contributed by atoms with Crippen LogP contribution in [0.1, 0.15) is 16.1 Å². The van der Waals surface area contributed by atoms with Gasteiger partial charge in [-0.15, -0.1) is 11.3 Å². The molecule has 0 aliphatic rings. The van der Waals surface area contributed by atoms with E-state index in [1.165, 1.54) is 11.3 Å².